The number of H-pyrrole nitrogens is 2. The van der Waals surface area contributed by atoms with Crippen LogP contribution in [0.4, 0.5) is 0 Å². The zero-order valence-electron chi connectivity index (χ0n) is 48.3. The highest BCUT2D eigenvalue weighted by atomic mass is 16.4. The normalized spacial score (nSPS) is 15.3. The first-order chi connectivity index (χ1) is 41.4. The third-order valence-electron chi connectivity index (χ3n) is 14.0. The lowest BCUT2D eigenvalue weighted by molar-refractivity contribution is -0.142. The number of phenols is 1. The number of carboxylic acids is 1. The minimum absolute atomic E-state index is 0.00838. The second kappa shape index (κ2) is 33.7. The van der Waals surface area contributed by atoms with Crippen molar-refractivity contribution < 1.29 is 68.1 Å². The molecule has 0 saturated carbocycles. The maximum atomic E-state index is 14.5. The number of carbonyl (C=O) groups excluding carboxylic acids is 10. The van der Waals surface area contributed by atoms with Crippen LogP contribution in [-0.2, 0) is 72.0 Å². The number of aliphatic hydroxyl groups excluding tert-OH is 1. The Morgan fingerprint density at radius 2 is 1.34 bits per heavy atom. The van der Waals surface area contributed by atoms with E-state index >= 15 is 0 Å². The molecule has 87 heavy (non-hydrogen) atoms. The number of carbonyl (C=O) groups is 11. The SMILES string of the molecule is CC(C)C[C@H](NC(=O)CNC(=O)[C@H](Cc1ccc(O)cc1)NC(=O)[C@H](CO)NC(=O)[C@H](Cc1c[nH]c2ccccc12)NC(=O)[C@H](Cc1cnc[nH]1)NC(=O)[C@@H](N)CCCC(=O)O)C(=O)N[C@@H](CCCN=C(N)N)C(=O)N1CCC[C@H]1C(=O)NCC(N)=O. The van der Waals surface area contributed by atoms with Crippen molar-refractivity contribution in [2.24, 2.45) is 33.8 Å². The summed E-state index contributed by atoms with van der Waals surface area (Å²) in [6.07, 6.45) is 4.53. The lowest BCUT2D eigenvalue weighted by Crippen LogP contribution is -2.60. The van der Waals surface area contributed by atoms with Crippen molar-refractivity contribution in [1.29, 1.82) is 0 Å². The van der Waals surface area contributed by atoms with Gasteiger partial charge in [-0.2, -0.15) is 0 Å². The molecule has 5 rings (SSSR count). The molecule has 10 amide bonds. The summed E-state index contributed by atoms with van der Waals surface area (Å²) < 4.78 is 0. The third-order valence-corrected chi connectivity index (χ3v) is 14.0. The molecule has 0 bridgehead atoms. The Morgan fingerprint density at radius 3 is 1.99 bits per heavy atom. The maximum Gasteiger partial charge on any atom is 0.303 e. The minimum atomic E-state index is -1.78. The first-order valence-electron chi connectivity index (χ1n) is 28.3. The Hall–Kier alpha value is -9.65. The average molecular weight is 1210 g/mol. The van der Waals surface area contributed by atoms with Gasteiger partial charge in [-0.3, -0.25) is 57.7 Å². The molecule has 31 heteroatoms. The summed E-state index contributed by atoms with van der Waals surface area (Å²) in [6.45, 7) is 1.56. The van der Waals surface area contributed by atoms with Gasteiger partial charge in [0, 0.05) is 67.8 Å². The van der Waals surface area contributed by atoms with E-state index in [2.05, 4.69) is 62.5 Å². The van der Waals surface area contributed by atoms with E-state index < -0.39 is 133 Å². The Kier molecular flexibility index (Phi) is 26.4. The predicted octanol–water partition coefficient (Wildman–Crippen LogP) is -4.08. The van der Waals surface area contributed by atoms with Gasteiger partial charge in [0.15, 0.2) is 5.96 Å². The van der Waals surface area contributed by atoms with E-state index in [0.29, 0.717) is 34.1 Å². The van der Waals surface area contributed by atoms with Crippen LogP contribution in [-0.4, -0.2) is 187 Å². The lowest BCUT2D eigenvalue weighted by Gasteiger charge is -2.30. The molecular weight excluding hydrogens is 1130 g/mol. The van der Waals surface area contributed by atoms with Crippen LogP contribution in [0.2, 0.25) is 0 Å². The van der Waals surface area contributed by atoms with Crippen molar-refractivity contribution in [3.63, 3.8) is 0 Å². The molecule has 472 valence electrons. The summed E-state index contributed by atoms with van der Waals surface area (Å²) in [7, 11) is 0. The predicted molar refractivity (Wildman–Crippen MR) is 314 cm³/mol. The summed E-state index contributed by atoms with van der Waals surface area (Å²) in [6, 6.07) is 1.79. The standard InChI is InChI=1S/C56H79N17O14/c1-30(2)20-39(50(82)68-38(11-6-18-62-56(59)60)55(87)73-19-7-12-44(73)54(86)64-26-45(58)76)67-46(77)27-65-49(81)40(21-31-14-16-34(75)17-15-31)70-53(85)43(28-74)72-51(83)41(22-32-24-63-37-10-4-3-8-35(32)37)71-52(84)42(23-33-25-61-29-66-33)69-48(80)36(57)9-5-13-47(78)79/h3-4,8,10,14-17,24-25,29-30,36,38-44,63,74-75H,5-7,9,11-13,18-23,26-28,57H2,1-2H3,(H2,58,76)(H,61,66)(H,64,86)(H,65,81)(H,67,77)(H,68,82)(H,69,80)(H,70,85)(H,71,84)(H,72,83)(H,78,79)(H4,59,60,62)/t36-,38-,39-,40-,41-,42-,43-,44-/m0/s1. The van der Waals surface area contributed by atoms with Crippen LogP contribution >= 0.6 is 0 Å². The fourth-order valence-electron chi connectivity index (χ4n) is 9.59. The van der Waals surface area contributed by atoms with Gasteiger partial charge in [-0.1, -0.05) is 44.2 Å². The van der Waals surface area contributed by atoms with E-state index in [1.807, 2.05) is 0 Å². The number of imidazole rings is 1. The number of fused-ring (bicyclic) bond motifs is 1. The lowest BCUT2D eigenvalue weighted by atomic mass is 10.0. The number of rotatable bonds is 35. The molecule has 1 aliphatic heterocycles. The molecule has 4 aromatic rings. The van der Waals surface area contributed by atoms with Gasteiger partial charge >= 0.3 is 5.97 Å². The van der Waals surface area contributed by atoms with Gasteiger partial charge in [0.2, 0.25) is 59.1 Å². The van der Waals surface area contributed by atoms with Crippen molar-refractivity contribution >= 4 is 81.9 Å². The van der Waals surface area contributed by atoms with Crippen LogP contribution < -0.4 is 65.5 Å². The summed E-state index contributed by atoms with van der Waals surface area (Å²) in [5, 5.41) is 50.8. The number of hydrogen-bond acceptors (Lipinski definition) is 16. The van der Waals surface area contributed by atoms with E-state index in [1.165, 1.54) is 41.7 Å². The molecule has 1 fully saturated rings. The number of primary amides is 1. The molecule has 1 aliphatic rings. The molecule has 8 atom stereocenters. The van der Waals surface area contributed by atoms with Crippen LogP contribution in [0.1, 0.15) is 82.0 Å². The van der Waals surface area contributed by atoms with Crippen molar-refractivity contribution in [2.45, 2.75) is 133 Å². The van der Waals surface area contributed by atoms with Crippen molar-refractivity contribution in [3.8, 4) is 5.75 Å². The number of para-hydroxylation sites is 1. The first kappa shape index (κ1) is 68.1. The zero-order valence-corrected chi connectivity index (χ0v) is 48.3. The Bertz CT molecular complexity index is 3060. The number of likely N-dealkylation sites (tertiary alicyclic amines) is 1. The first-order valence-corrected chi connectivity index (χ1v) is 28.3. The number of aromatic nitrogens is 3. The largest absolute Gasteiger partial charge is 0.508 e. The summed E-state index contributed by atoms with van der Waals surface area (Å²) in [4.78, 5) is 163. The van der Waals surface area contributed by atoms with Gasteiger partial charge in [0.05, 0.1) is 32.1 Å². The second-order valence-corrected chi connectivity index (χ2v) is 21.4. The smallest absolute Gasteiger partial charge is 0.303 e. The zero-order chi connectivity index (χ0) is 63.7. The third kappa shape index (κ3) is 22.1. The number of phenolic OH excluding ortho intramolecular Hbond substituents is 1. The molecule has 3 heterocycles. The number of hydrogen-bond donors (Lipinski definition) is 17. The van der Waals surface area contributed by atoms with Gasteiger partial charge in [-0.25, -0.2) is 4.98 Å². The summed E-state index contributed by atoms with van der Waals surface area (Å²) >= 11 is 0. The molecule has 0 aliphatic carbocycles. The number of nitrogens with one attached hydrogen (secondary N) is 10. The Labute approximate surface area is 500 Å². The monoisotopic (exact) mass is 1210 g/mol. The topological polar surface area (TPSA) is 509 Å². The van der Waals surface area contributed by atoms with E-state index in [4.69, 9.17) is 28.0 Å². The van der Waals surface area contributed by atoms with Crippen molar-refractivity contribution in [2.75, 3.05) is 32.8 Å². The summed E-state index contributed by atoms with van der Waals surface area (Å²) in [5.74, 6) is -9.94. The highest BCUT2D eigenvalue weighted by Gasteiger charge is 2.39. The van der Waals surface area contributed by atoms with E-state index in [9.17, 15) is 63.0 Å². The van der Waals surface area contributed by atoms with Gasteiger partial charge < -0.3 is 95.7 Å². The fourth-order valence-corrected chi connectivity index (χ4v) is 9.59. The molecule has 0 radical (unpaired) electrons. The van der Waals surface area contributed by atoms with Crippen molar-refractivity contribution in [1.82, 2.24) is 62.4 Å². The number of guanidine groups is 1. The average Bonchev–Trinajstić information content (AvgIpc) is 3.87. The number of amides is 10. The van der Waals surface area contributed by atoms with Crippen LogP contribution in [0, 0.1) is 5.92 Å². The molecule has 21 N–H and O–H groups in total. The van der Waals surface area contributed by atoms with Crippen LogP contribution in [0.25, 0.3) is 10.9 Å². The fraction of sp³-hybridized carbons (Fsp3) is 0.482. The molecule has 2 aromatic carbocycles. The number of aromatic hydroxyl groups is 1. The molecule has 1 saturated heterocycles. The van der Waals surface area contributed by atoms with Gasteiger partial charge in [-0.05, 0) is 80.2 Å². The highest BCUT2D eigenvalue weighted by molar-refractivity contribution is 5.98. The number of aliphatic hydroxyl groups is 1. The van der Waals surface area contributed by atoms with Gasteiger partial charge in [0.1, 0.15) is 48.0 Å². The molecular formula is C56H79N17O14. The molecule has 31 nitrogen and oxygen atoms in total. The van der Waals surface area contributed by atoms with E-state index in [0.717, 1.165) is 0 Å². The molecule has 0 unspecified atom stereocenters. The number of aliphatic imine (C=N–C) groups is 1. The second-order valence-electron chi connectivity index (χ2n) is 21.4. The Morgan fingerprint density at radius 1 is 0.713 bits per heavy atom. The van der Waals surface area contributed by atoms with Gasteiger partial charge in [0.25, 0.3) is 0 Å². The van der Waals surface area contributed by atoms with E-state index in [1.54, 1.807) is 44.3 Å². The highest BCUT2D eigenvalue weighted by Crippen LogP contribution is 2.22. The summed E-state index contributed by atoms with van der Waals surface area (Å²) in [5.41, 5.74) is 24.3. The number of aliphatic carboxylic acids is 1. The van der Waals surface area contributed by atoms with Gasteiger partial charge in [-0.15, -0.1) is 0 Å². The number of carboxylic acid groups (broad SMARTS) is 1. The van der Waals surface area contributed by atoms with Crippen LogP contribution in [0.15, 0.2) is 72.2 Å². The minimum Gasteiger partial charge on any atom is -0.508 e. The quantitative estimate of drug-likeness (QED) is 0.0118. The number of benzene rings is 2. The maximum absolute atomic E-state index is 14.5. The molecule has 0 spiro atoms. The van der Waals surface area contributed by atoms with Crippen LogP contribution in [0.3, 0.4) is 0 Å². The number of nitrogens with two attached hydrogens (primary N) is 4. The van der Waals surface area contributed by atoms with Crippen molar-refractivity contribution in [3.05, 3.63) is 84.1 Å². The number of nitrogens with zero attached hydrogens (tertiary/aromatic N) is 3. The van der Waals surface area contributed by atoms with Crippen LogP contribution in [0.5, 0.6) is 5.75 Å². The number of aromatic amines is 2. The Balaban J connectivity index is 1.32. The van der Waals surface area contributed by atoms with E-state index in [-0.39, 0.29) is 94.9 Å². The molecule has 2 aromatic heterocycles.